The molecule has 4 nitrogen and oxygen atoms in total. The molecule has 0 aliphatic heterocycles. The summed E-state index contributed by atoms with van der Waals surface area (Å²) in [5.41, 5.74) is 2.64. The van der Waals surface area contributed by atoms with Crippen LogP contribution in [0.5, 0.6) is 5.75 Å². The number of nitrogens with one attached hydrogen (secondary N) is 1. The second kappa shape index (κ2) is 5.68. The lowest BCUT2D eigenvalue weighted by Gasteiger charge is -2.11. The standard InChI is InChI=1S/C13H18N2O2/c14-15-13(16)11-6-3-7-12(8-11)17-9-10-4-1-2-5-10/h3,6-8,10H,1-2,4-5,9,14H2,(H,15,16). The highest BCUT2D eigenvalue weighted by Crippen LogP contribution is 2.25. The van der Waals surface area contributed by atoms with Crippen LogP contribution in [0, 0.1) is 5.92 Å². The second-order valence-electron chi connectivity index (χ2n) is 4.46. The number of hydrogen-bond donors (Lipinski definition) is 2. The van der Waals surface area contributed by atoms with E-state index < -0.39 is 0 Å². The van der Waals surface area contributed by atoms with Gasteiger partial charge in [0.05, 0.1) is 6.61 Å². The number of nitrogen functional groups attached to an aromatic ring is 1. The fourth-order valence-electron chi connectivity index (χ4n) is 2.20. The van der Waals surface area contributed by atoms with Gasteiger partial charge < -0.3 is 4.74 Å². The molecular weight excluding hydrogens is 216 g/mol. The van der Waals surface area contributed by atoms with Gasteiger partial charge in [0.15, 0.2) is 0 Å². The number of carbonyl (C=O) groups excluding carboxylic acids is 1. The van der Waals surface area contributed by atoms with E-state index >= 15 is 0 Å². The fraction of sp³-hybridized carbons (Fsp3) is 0.462. The minimum Gasteiger partial charge on any atom is -0.493 e. The molecule has 1 aliphatic carbocycles. The number of carbonyl (C=O) groups is 1. The van der Waals surface area contributed by atoms with E-state index in [1.165, 1.54) is 25.7 Å². The smallest absolute Gasteiger partial charge is 0.265 e. The van der Waals surface area contributed by atoms with Crippen LogP contribution in [-0.4, -0.2) is 12.5 Å². The van der Waals surface area contributed by atoms with Crippen LogP contribution in [0.3, 0.4) is 0 Å². The highest BCUT2D eigenvalue weighted by atomic mass is 16.5. The molecule has 17 heavy (non-hydrogen) atoms. The van der Waals surface area contributed by atoms with Crippen LogP contribution < -0.4 is 16.0 Å². The summed E-state index contributed by atoms with van der Waals surface area (Å²) in [6.07, 6.45) is 5.12. The van der Waals surface area contributed by atoms with E-state index in [2.05, 4.69) is 5.43 Å². The van der Waals surface area contributed by atoms with Crippen LogP contribution in [-0.2, 0) is 0 Å². The van der Waals surface area contributed by atoms with Crippen LogP contribution in [0.15, 0.2) is 24.3 Å². The van der Waals surface area contributed by atoms with Crippen molar-refractivity contribution in [2.24, 2.45) is 11.8 Å². The van der Waals surface area contributed by atoms with Crippen LogP contribution >= 0.6 is 0 Å². The molecule has 0 bridgehead atoms. The molecule has 3 N–H and O–H groups in total. The third-order valence-electron chi connectivity index (χ3n) is 3.19. The summed E-state index contributed by atoms with van der Waals surface area (Å²) in [5.74, 6) is 6.19. The Balaban J connectivity index is 1.93. The van der Waals surface area contributed by atoms with Gasteiger partial charge in [-0.2, -0.15) is 0 Å². The van der Waals surface area contributed by atoms with E-state index in [1.807, 2.05) is 6.07 Å². The molecule has 0 saturated heterocycles. The van der Waals surface area contributed by atoms with E-state index in [0.29, 0.717) is 11.5 Å². The summed E-state index contributed by atoms with van der Waals surface area (Å²) in [5, 5.41) is 0. The van der Waals surface area contributed by atoms with Crippen molar-refractivity contribution < 1.29 is 9.53 Å². The minimum absolute atomic E-state index is 0.295. The summed E-state index contributed by atoms with van der Waals surface area (Å²) >= 11 is 0. The SMILES string of the molecule is NNC(=O)c1cccc(OCC2CCCC2)c1. The number of amides is 1. The Hall–Kier alpha value is -1.55. The lowest BCUT2D eigenvalue weighted by atomic mass is 10.1. The van der Waals surface area contributed by atoms with Gasteiger partial charge in [0.1, 0.15) is 5.75 Å². The fourth-order valence-corrected chi connectivity index (χ4v) is 2.20. The van der Waals surface area contributed by atoms with E-state index in [9.17, 15) is 4.79 Å². The number of benzene rings is 1. The lowest BCUT2D eigenvalue weighted by Crippen LogP contribution is -2.29. The molecular formula is C13H18N2O2. The Kier molecular flexibility index (Phi) is 3.98. The van der Waals surface area contributed by atoms with Crippen molar-refractivity contribution in [1.82, 2.24) is 5.43 Å². The van der Waals surface area contributed by atoms with Crippen molar-refractivity contribution in [2.75, 3.05) is 6.61 Å². The molecule has 1 amide bonds. The number of ether oxygens (including phenoxy) is 1. The average molecular weight is 234 g/mol. The van der Waals surface area contributed by atoms with Gasteiger partial charge in [-0.25, -0.2) is 5.84 Å². The maximum Gasteiger partial charge on any atom is 0.265 e. The van der Waals surface area contributed by atoms with Crippen LogP contribution in [0.25, 0.3) is 0 Å². The Morgan fingerprint density at radius 1 is 1.41 bits per heavy atom. The monoisotopic (exact) mass is 234 g/mol. The van der Waals surface area contributed by atoms with Gasteiger partial charge >= 0.3 is 0 Å². The molecule has 1 fully saturated rings. The zero-order chi connectivity index (χ0) is 12.1. The summed E-state index contributed by atoms with van der Waals surface area (Å²) in [4.78, 5) is 11.3. The van der Waals surface area contributed by atoms with Crippen LogP contribution in [0.1, 0.15) is 36.0 Å². The Morgan fingerprint density at radius 2 is 2.18 bits per heavy atom. The van der Waals surface area contributed by atoms with Crippen molar-refractivity contribution in [3.05, 3.63) is 29.8 Å². The number of nitrogens with two attached hydrogens (primary N) is 1. The van der Waals surface area contributed by atoms with Gasteiger partial charge in [-0.1, -0.05) is 18.9 Å². The molecule has 0 spiro atoms. The average Bonchev–Trinajstić information content (AvgIpc) is 2.89. The molecule has 1 aliphatic rings. The maximum atomic E-state index is 11.3. The molecule has 1 aromatic carbocycles. The molecule has 0 aromatic heterocycles. The van der Waals surface area contributed by atoms with Crippen LogP contribution in [0.2, 0.25) is 0 Å². The van der Waals surface area contributed by atoms with Crippen LogP contribution in [0.4, 0.5) is 0 Å². The summed E-state index contributed by atoms with van der Waals surface area (Å²) < 4.78 is 5.70. The van der Waals surface area contributed by atoms with Crippen molar-refractivity contribution in [2.45, 2.75) is 25.7 Å². The zero-order valence-corrected chi connectivity index (χ0v) is 9.82. The second-order valence-corrected chi connectivity index (χ2v) is 4.46. The molecule has 92 valence electrons. The molecule has 1 aromatic rings. The molecule has 0 atom stereocenters. The third kappa shape index (κ3) is 3.20. The molecule has 4 heteroatoms. The number of rotatable bonds is 4. The predicted molar refractivity (Wildman–Crippen MR) is 65.5 cm³/mol. The lowest BCUT2D eigenvalue weighted by molar-refractivity contribution is 0.0953. The minimum atomic E-state index is -0.295. The van der Waals surface area contributed by atoms with E-state index in [0.717, 1.165) is 12.4 Å². The first-order valence-corrected chi connectivity index (χ1v) is 6.03. The highest BCUT2D eigenvalue weighted by Gasteiger charge is 2.15. The van der Waals surface area contributed by atoms with Gasteiger partial charge in [-0.15, -0.1) is 0 Å². The van der Waals surface area contributed by atoms with Crippen molar-refractivity contribution in [3.63, 3.8) is 0 Å². The first-order valence-electron chi connectivity index (χ1n) is 6.03. The molecule has 2 rings (SSSR count). The summed E-state index contributed by atoms with van der Waals surface area (Å²) in [6.45, 7) is 0.744. The molecule has 0 radical (unpaired) electrons. The van der Waals surface area contributed by atoms with Gasteiger partial charge in [-0.05, 0) is 37.0 Å². The third-order valence-corrected chi connectivity index (χ3v) is 3.19. The molecule has 1 saturated carbocycles. The van der Waals surface area contributed by atoms with Gasteiger partial charge in [0.25, 0.3) is 5.91 Å². The number of hydrogen-bond acceptors (Lipinski definition) is 3. The highest BCUT2D eigenvalue weighted by molar-refractivity contribution is 5.94. The van der Waals surface area contributed by atoms with E-state index in [1.54, 1.807) is 18.2 Å². The predicted octanol–water partition coefficient (Wildman–Crippen LogP) is 1.86. The normalized spacial score (nSPS) is 15.8. The van der Waals surface area contributed by atoms with E-state index in [4.69, 9.17) is 10.6 Å². The van der Waals surface area contributed by atoms with Crippen molar-refractivity contribution in [3.8, 4) is 5.75 Å². The topological polar surface area (TPSA) is 64.3 Å². The molecule has 0 heterocycles. The largest absolute Gasteiger partial charge is 0.493 e. The first-order chi connectivity index (χ1) is 8.29. The first kappa shape index (κ1) is 11.9. The van der Waals surface area contributed by atoms with Gasteiger partial charge in [-0.3, -0.25) is 10.2 Å². The Morgan fingerprint density at radius 3 is 2.88 bits per heavy atom. The Bertz CT molecular complexity index is 387. The summed E-state index contributed by atoms with van der Waals surface area (Å²) in [6, 6.07) is 7.10. The van der Waals surface area contributed by atoms with E-state index in [-0.39, 0.29) is 5.91 Å². The maximum absolute atomic E-state index is 11.3. The van der Waals surface area contributed by atoms with Crippen molar-refractivity contribution in [1.29, 1.82) is 0 Å². The van der Waals surface area contributed by atoms with Gasteiger partial charge in [0.2, 0.25) is 0 Å². The Labute approximate surface area is 101 Å². The summed E-state index contributed by atoms with van der Waals surface area (Å²) in [7, 11) is 0. The quantitative estimate of drug-likeness (QED) is 0.475. The molecule has 0 unspecified atom stereocenters. The zero-order valence-electron chi connectivity index (χ0n) is 9.82. The van der Waals surface area contributed by atoms with Gasteiger partial charge in [0, 0.05) is 5.56 Å². The van der Waals surface area contributed by atoms with Crippen molar-refractivity contribution >= 4 is 5.91 Å². The number of hydrazine groups is 1.